The predicted octanol–water partition coefficient (Wildman–Crippen LogP) is 1.32. The highest BCUT2D eigenvalue weighted by Crippen LogP contribution is 2.32. The molecule has 0 atom stereocenters. The SMILES string of the molecule is NC(=O)c1nc(-c2ccc(O)cc2O)cs1. The van der Waals surface area contributed by atoms with Crippen LogP contribution in [0.5, 0.6) is 11.5 Å². The van der Waals surface area contributed by atoms with Crippen molar-refractivity contribution in [3.05, 3.63) is 28.6 Å². The summed E-state index contributed by atoms with van der Waals surface area (Å²) < 4.78 is 0. The normalized spacial score (nSPS) is 10.2. The standard InChI is InChI=1S/C10H8N2O3S/c11-9(15)10-12-7(4-16-10)6-2-1-5(13)3-8(6)14/h1-4,13-14H,(H2,11,15). The number of nitrogens with zero attached hydrogens (tertiary/aromatic N) is 1. The fraction of sp³-hybridized carbons (Fsp3) is 0. The number of hydrogen-bond donors (Lipinski definition) is 3. The van der Waals surface area contributed by atoms with Crippen molar-refractivity contribution in [2.24, 2.45) is 5.73 Å². The van der Waals surface area contributed by atoms with E-state index in [1.807, 2.05) is 0 Å². The van der Waals surface area contributed by atoms with Crippen LogP contribution in [0.25, 0.3) is 11.3 Å². The van der Waals surface area contributed by atoms with Gasteiger partial charge in [-0.15, -0.1) is 11.3 Å². The van der Waals surface area contributed by atoms with Crippen molar-refractivity contribution in [3.8, 4) is 22.8 Å². The maximum absolute atomic E-state index is 10.9. The molecule has 1 aromatic carbocycles. The minimum Gasteiger partial charge on any atom is -0.508 e. The first-order valence-corrected chi connectivity index (χ1v) is 5.23. The van der Waals surface area contributed by atoms with Crippen LogP contribution in [-0.2, 0) is 0 Å². The Morgan fingerprint density at radius 2 is 2.12 bits per heavy atom. The van der Waals surface area contributed by atoms with Gasteiger partial charge in [-0.05, 0) is 12.1 Å². The van der Waals surface area contributed by atoms with Crippen LogP contribution in [0.3, 0.4) is 0 Å². The molecule has 2 aromatic rings. The minimum absolute atomic E-state index is 0.0356. The van der Waals surface area contributed by atoms with Gasteiger partial charge in [0.1, 0.15) is 11.5 Å². The van der Waals surface area contributed by atoms with Crippen molar-refractivity contribution in [2.75, 3.05) is 0 Å². The first-order chi connectivity index (χ1) is 7.58. The highest BCUT2D eigenvalue weighted by molar-refractivity contribution is 7.12. The highest BCUT2D eigenvalue weighted by Gasteiger charge is 2.11. The summed E-state index contributed by atoms with van der Waals surface area (Å²) in [6, 6.07) is 4.15. The Bertz CT molecular complexity index is 551. The van der Waals surface area contributed by atoms with Gasteiger partial charge in [-0.25, -0.2) is 4.98 Å². The number of thiazole rings is 1. The van der Waals surface area contributed by atoms with Gasteiger partial charge < -0.3 is 15.9 Å². The lowest BCUT2D eigenvalue weighted by molar-refractivity contribution is 0.1000. The molecule has 1 aromatic heterocycles. The molecule has 5 nitrogen and oxygen atoms in total. The molecule has 6 heteroatoms. The predicted molar refractivity (Wildman–Crippen MR) is 59.4 cm³/mol. The van der Waals surface area contributed by atoms with Crippen molar-refractivity contribution in [2.45, 2.75) is 0 Å². The second-order valence-electron chi connectivity index (χ2n) is 3.10. The third-order valence-corrected chi connectivity index (χ3v) is 2.83. The first-order valence-electron chi connectivity index (χ1n) is 4.35. The molecule has 82 valence electrons. The van der Waals surface area contributed by atoms with Crippen LogP contribution in [-0.4, -0.2) is 21.1 Å². The molecule has 0 spiro atoms. The van der Waals surface area contributed by atoms with Crippen LogP contribution in [0.4, 0.5) is 0 Å². The van der Waals surface area contributed by atoms with Gasteiger partial charge in [-0.2, -0.15) is 0 Å². The molecule has 2 rings (SSSR count). The van der Waals surface area contributed by atoms with Crippen molar-refractivity contribution >= 4 is 17.2 Å². The third-order valence-electron chi connectivity index (χ3n) is 1.97. The van der Waals surface area contributed by atoms with Gasteiger partial charge in [0.15, 0.2) is 5.01 Å². The van der Waals surface area contributed by atoms with E-state index >= 15 is 0 Å². The second-order valence-corrected chi connectivity index (χ2v) is 3.96. The number of rotatable bonds is 2. The van der Waals surface area contributed by atoms with Gasteiger partial charge in [0.25, 0.3) is 5.91 Å². The molecule has 16 heavy (non-hydrogen) atoms. The summed E-state index contributed by atoms with van der Waals surface area (Å²) in [5, 5.41) is 20.5. The number of aromatic hydroxyl groups is 2. The fourth-order valence-corrected chi connectivity index (χ4v) is 1.92. The van der Waals surface area contributed by atoms with Gasteiger partial charge in [0, 0.05) is 17.0 Å². The van der Waals surface area contributed by atoms with Gasteiger partial charge in [-0.1, -0.05) is 0 Å². The molecule has 0 saturated carbocycles. The average molecular weight is 236 g/mol. The number of phenols is 2. The summed E-state index contributed by atoms with van der Waals surface area (Å²) in [7, 11) is 0. The zero-order valence-corrected chi connectivity index (χ0v) is 8.86. The van der Waals surface area contributed by atoms with Crippen LogP contribution >= 0.6 is 11.3 Å². The number of primary amides is 1. The minimum atomic E-state index is -0.602. The number of nitrogens with two attached hydrogens (primary N) is 1. The topological polar surface area (TPSA) is 96.4 Å². The van der Waals surface area contributed by atoms with E-state index in [0.717, 1.165) is 11.3 Å². The monoisotopic (exact) mass is 236 g/mol. The molecule has 0 aliphatic rings. The van der Waals surface area contributed by atoms with Gasteiger partial charge in [0.2, 0.25) is 0 Å². The lowest BCUT2D eigenvalue weighted by atomic mass is 10.1. The molecule has 1 amide bonds. The summed E-state index contributed by atoms with van der Waals surface area (Å²) in [4.78, 5) is 14.8. The molecule has 0 unspecified atom stereocenters. The van der Waals surface area contributed by atoms with Crippen LogP contribution in [0, 0.1) is 0 Å². The van der Waals surface area contributed by atoms with Crippen LogP contribution in [0.1, 0.15) is 9.80 Å². The summed E-state index contributed by atoms with van der Waals surface area (Å²) in [5.74, 6) is -0.734. The zero-order valence-electron chi connectivity index (χ0n) is 8.04. The molecule has 0 aliphatic carbocycles. The van der Waals surface area contributed by atoms with Crippen molar-refractivity contribution in [1.29, 1.82) is 0 Å². The molecule has 4 N–H and O–H groups in total. The molecule has 0 aliphatic heterocycles. The maximum Gasteiger partial charge on any atom is 0.277 e. The van der Waals surface area contributed by atoms with Crippen molar-refractivity contribution in [1.82, 2.24) is 4.98 Å². The van der Waals surface area contributed by atoms with E-state index in [1.54, 1.807) is 5.38 Å². The van der Waals surface area contributed by atoms with E-state index < -0.39 is 5.91 Å². The van der Waals surface area contributed by atoms with E-state index in [4.69, 9.17) is 10.8 Å². The van der Waals surface area contributed by atoms with Crippen LogP contribution in [0.2, 0.25) is 0 Å². The van der Waals surface area contributed by atoms with E-state index in [0.29, 0.717) is 11.3 Å². The maximum atomic E-state index is 10.9. The van der Waals surface area contributed by atoms with E-state index in [2.05, 4.69) is 4.98 Å². The molecule has 0 fully saturated rings. The Morgan fingerprint density at radius 1 is 1.38 bits per heavy atom. The zero-order chi connectivity index (χ0) is 11.7. The lowest BCUT2D eigenvalue weighted by Crippen LogP contribution is -2.10. The summed E-state index contributed by atoms with van der Waals surface area (Å²) in [6.07, 6.45) is 0. The fourth-order valence-electron chi connectivity index (χ4n) is 1.25. The Labute approximate surface area is 94.8 Å². The second kappa shape index (κ2) is 3.82. The first kappa shape index (κ1) is 10.4. The number of aromatic nitrogens is 1. The highest BCUT2D eigenvalue weighted by atomic mass is 32.1. The molecular weight excluding hydrogens is 228 g/mol. The van der Waals surface area contributed by atoms with Crippen molar-refractivity contribution < 1.29 is 15.0 Å². The van der Waals surface area contributed by atoms with E-state index in [-0.39, 0.29) is 16.5 Å². The quantitative estimate of drug-likeness (QED) is 0.732. The Morgan fingerprint density at radius 3 is 2.69 bits per heavy atom. The molecule has 0 saturated heterocycles. The van der Waals surface area contributed by atoms with Crippen molar-refractivity contribution in [3.63, 3.8) is 0 Å². The third kappa shape index (κ3) is 1.82. The van der Waals surface area contributed by atoms with Crippen LogP contribution < -0.4 is 5.73 Å². The number of carbonyl (C=O) groups excluding carboxylic acids is 1. The van der Waals surface area contributed by atoms with Gasteiger partial charge in [0.05, 0.1) is 5.69 Å². The smallest absolute Gasteiger partial charge is 0.277 e. The summed E-state index contributed by atoms with van der Waals surface area (Å²) >= 11 is 1.11. The number of hydrogen-bond acceptors (Lipinski definition) is 5. The van der Waals surface area contributed by atoms with Crippen LogP contribution in [0.15, 0.2) is 23.6 Å². The molecule has 0 bridgehead atoms. The summed E-state index contributed by atoms with van der Waals surface area (Å²) in [5.41, 5.74) is 5.97. The van der Waals surface area contributed by atoms with Gasteiger partial charge in [-0.3, -0.25) is 4.79 Å². The number of phenolic OH excluding ortho intramolecular Hbond substituents is 2. The molecule has 1 heterocycles. The Hall–Kier alpha value is -2.08. The molecular formula is C10H8N2O3S. The Balaban J connectivity index is 2.46. The van der Waals surface area contributed by atoms with E-state index in [1.165, 1.54) is 18.2 Å². The number of benzene rings is 1. The Kier molecular flexibility index (Phi) is 2.49. The number of amides is 1. The van der Waals surface area contributed by atoms with E-state index in [9.17, 15) is 9.90 Å². The number of carbonyl (C=O) groups is 1. The lowest BCUT2D eigenvalue weighted by Gasteiger charge is -2.01. The largest absolute Gasteiger partial charge is 0.508 e. The summed E-state index contributed by atoms with van der Waals surface area (Å²) in [6.45, 7) is 0. The molecule has 0 radical (unpaired) electrons. The van der Waals surface area contributed by atoms with Gasteiger partial charge >= 0.3 is 0 Å². The average Bonchev–Trinajstić information content (AvgIpc) is 2.66.